The molecule has 0 fully saturated rings. The van der Waals surface area contributed by atoms with Crippen LogP contribution in [0.25, 0.3) is 10.9 Å². The molecule has 0 atom stereocenters. The van der Waals surface area contributed by atoms with Gasteiger partial charge >= 0.3 is 0 Å². The maximum absolute atomic E-state index is 10.9. The third-order valence-electron chi connectivity index (χ3n) is 2.45. The van der Waals surface area contributed by atoms with E-state index in [0.29, 0.717) is 17.4 Å². The van der Waals surface area contributed by atoms with E-state index in [1.807, 2.05) is 0 Å². The fourth-order valence-electron chi connectivity index (χ4n) is 1.64. The molecule has 1 aromatic heterocycles. The lowest BCUT2D eigenvalue weighted by Gasteiger charge is -2.01. The average molecular weight is 284 g/mol. The van der Waals surface area contributed by atoms with Crippen molar-refractivity contribution in [1.82, 2.24) is 14.5 Å². The minimum atomic E-state index is -3.22. The Kier molecular flexibility index (Phi) is 3.49. The van der Waals surface area contributed by atoms with Crippen LogP contribution in [-0.4, -0.2) is 35.9 Å². The van der Waals surface area contributed by atoms with Crippen molar-refractivity contribution in [1.29, 1.82) is 0 Å². The molecule has 0 bridgehead atoms. The molecule has 0 saturated carbocycles. The highest BCUT2D eigenvalue weighted by molar-refractivity contribution is 7.88. The van der Waals surface area contributed by atoms with E-state index in [4.69, 9.17) is 0 Å². The van der Waals surface area contributed by atoms with Gasteiger partial charge < -0.3 is 0 Å². The third-order valence-corrected chi connectivity index (χ3v) is 3.18. The first kappa shape index (κ1) is 13.4. The van der Waals surface area contributed by atoms with E-state index < -0.39 is 14.9 Å². The summed E-state index contributed by atoms with van der Waals surface area (Å²) >= 11 is 0. The molecule has 19 heavy (non-hydrogen) atoms. The van der Waals surface area contributed by atoms with Crippen molar-refractivity contribution in [3.63, 3.8) is 0 Å². The Balaban J connectivity index is 2.15. The van der Waals surface area contributed by atoms with Crippen LogP contribution in [0.5, 0.6) is 0 Å². The van der Waals surface area contributed by atoms with Gasteiger partial charge in [-0.25, -0.2) is 13.1 Å². The molecule has 1 N–H and O–H groups in total. The van der Waals surface area contributed by atoms with Crippen molar-refractivity contribution < 1.29 is 13.3 Å². The molecule has 0 radical (unpaired) electrons. The minimum absolute atomic E-state index is 0.00121. The molecule has 1 heterocycles. The standard InChI is InChI=1S/C10H12N4O4S/c1-19(17,18)11-4-5-13-7-8-6-9(14(15)16)2-3-10(8)12-13/h2-3,6-7,11H,4-5H2,1H3. The van der Waals surface area contributed by atoms with E-state index in [9.17, 15) is 18.5 Å². The number of nitrogens with one attached hydrogen (secondary N) is 1. The largest absolute Gasteiger partial charge is 0.270 e. The number of nitrogens with zero attached hydrogens (tertiary/aromatic N) is 3. The summed E-state index contributed by atoms with van der Waals surface area (Å²) < 4.78 is 25.7. The van der Waals surface area contributed by atoms with E-state index >= 15 is 0 Å². The number of benzene rings is 1. The lowest BCUT2D eigenvalue weighted by atomic mass is 10.2. The molecule has 0 saturated heterocycles. The topological polar surface area (TPSA) is 107 Å². The third kappa shape index (κ3) is 3.48. The van der Waals surface area contributed by atoms with E-state index in [-0.39, 0.29) is 12.2 Å². The molecule has 0 amide bonds. The van der Waals surface area contributed by atoms with E-state index in [1.165, 1.54) is 12.1 Å². The number of hydrogen-bond donors (Lipinski definition) is 1. The maximum atomic E-state index is 10.9. The zero-order valence-corrected chi connectivity index (χ0v) is 10.9. The quantitative estimate of drug-likeness (QED) is 0.635. The van der Waals surface area contributed by atoms with Crippen LogP contribution >= 0.6 is 0 Å². The number of non-ortho nitro benzene ring substituents is 1. The smallest absolute Gasteiger partial charge is 0.270 e. The molecule has 0 unspecified atom stereocenters. The van der Waals surface area contributed by atoms with Gasteiger partial charge in [-0.1, -0.05) is 0 Å². The summed E-state index contributed by atoms with van der Waals surface area (Å²) in [6.45, 7) is 0.574. The molecule has 9 heteroatoms. The van der Waals surface area contributed by atoms with E-state index in [2.05, 4.69) is 9.82 Å². The molecule has 0 aliphatic rings. The Morgan fingerprint density at radius 2 is 2.21 bits per heavy atom. The van der Waals surface area contributed by atoms with Crippen LogP contribution < -0.4 is 4.72 Å². The zero-order valence-electron chi connectivity index (χ0n) is 10.1. The van der Waals surface area contributed by atoms with Crippen molar-refractivity contribution in [3.8, 4) is 0 Å². The normalized spacial score (nSPS) is 11.8. The second kappa shape index (κ2) is 4.94. The average Bonchev–Trinajstić information content (AvgIpc) is 2.68. The first-order valence-electron chi connectivity index (χ1n) is 5.41. The van der Waals surface area contributed by atoms with Crippen LogP contribution in [0, 0.1) is 10.1 Å². The van der Waals surface area contributed by atoms with Gasteiger partial charge in [0.05, 0.1) is 23.2 Å². The maximum Gasteiger partial charge on any atom is 0.270 e. The van der Waals surface area contributed by atoms with Gasteiger partial charge in [-0.05, 0) is 6.07 Å². The number of aromatic nitrogens is 2. The van der Waals surface area contributed by atoms with E-state index in [0.717, 1.165) is 6.26 Å². The van der Waals surface area contributed by atoms with Crippen molar-refractivity contribution in [2.75, 3.05) is 12.8 Å². The summed E-state index contributed by atoms with van der Waals surface area (Å²) in [4.78, 5) is 10.2. The molecule has 0 aliphatic heterocycles. The second-order valence-corrected chi connectivity index (χ2v) is 5.89. The summed E-state index contributed by atoms with van der Waals surface area (Å²) in [7, 11) is -3.22. The first-order valence-corrected chi connectivity index (χ1v) is 7.30. The monoisotopic (exact) mass is 284 g/mol. The lowest BCUT2D eigenvalue weighted by Crippen LogP contribution is -2.26. The molecule has 0 spiro atoms. The van der Waals surface area contributed by atoms with Gasteiger partial charge in [0.15, 0.2) is 0 Å². The number of nitro benzene ring substituents is 1. The van der Waals surface area contributed by atoms with Crippen LogP contribution in [0.15, 0.2) is 24.4 Å². The van der Waals surface area contributed by atoms with Gasteiger partial charge in [0, 0.05) is 30.3 Å². The number of rotatable bonds is 5. The predicted molar refractivity (Wildman–Crippen MR) is 69.2 cm³/mol. The van der Waals surface area contributed by atoms with Gasteiger partial charge in [-0.15, -0.1) is 0 Å². The summed E-state index contributed by atoms with van der Waals surface area (Å²) in [6, 6.07) is 4.38. The summed E-state index contributed by atoms with van der Waals surface area (Å²) in [5, 5.41) is 15.5. The number of sulfonamides is 1. The van der Waals surface area contributed by atoms with E-state index in [1.54, 1.807) is 16.9 Å². The Morgan fingerprint density at radius 1 is 1.47 bits per heavy atom. The fourth-order valence-corrected chi connectivity index (χ4v) is 2.10. The van der Waals surface area contributed by atoms with Gasteiger partial charge in [0.25, 0.3) is 5.69 Å². The lowest BCUT2D eigenvalue weighted by molar-refractivity contribution is -0.384. The molecule has 8 nitrogen and oxygen atoms in total. The fraction of sp³-hybridized carbons (Fsp3) is 0.300. The van der Waals surface area contributed by atoms with Gasteiger partial charge in [0.1, 0.15) is 0 Å². The number of nitro groups is 1. The van der Waals surface area contributed by atoms with Crippen molar-refractivity contribution in [2.45, 2.75) is 6.54 Å². The second-order valence-electron chi connectivity index (χ2n) is 4.06. The van der Waals surface area contributed by atoms with Crippen LogP contribution in [0.1, 0.15) is 0 Å². The van der Waals surface area contributed by atoms with Crippen molar-refractivity contribution in [2.24, 2.45) is 0 Å². The summed E-state index contributed by atoms with van der Waals surface area (Å²) in [6.07, 6.45) is 2.72. The van der Waals surface area contributed by atoms with Crippen LogP contribution in [0.3, 0.4) is 0 Å². The number of fused-ring (bicyclic) bond motifs is 1. The highest BCUT2D eigenvalue weighted by Gasteiger charge is 2.08. The molecular formula is C10H12N4O4S. The van der Waals surface area contributed by atoms with Gasteiger partial charge in [-0.3, -0.25) is 14.8 Å². The van der Waals surface area contributed by atoms with Gasteiger partial charge in [-0.2, -0.15) is 5.10 Å². The van der Waals surface area contributed by atoms with Crippen molar-refractivity contribution in [3.05, 3.63) is 34.5 Å². The molecule has 0 aliphatic carbocycles. The van der Waals surface area contributed by atoms with Crippen LogP contribution in [0.2, 0.25) is 0 Å². The molecule has 1 aromatic carbocycles. The first-order chi connectivity index (χ1) is 8.85. The SMILES string of the molecule is CS(=O)(=O)NCCn1cc2cc([N+](=O)[O-])ccc2n1. The Morgan fingerprint density at radius 3 is 2.84 bits per heavy atom. The van der Waals surface area contributed by atoms with Crippen molar-refractivity contribution >= 4 is 26.6 Å². The predicted octanol–water partition coefficient (Wildman–Crippen LogP) is 0.494. The Hall–Kier alpha value is -2.00. The molecule has 2 rings (SSSR count). The molecule has 102 valence electrons. The summed E-state index contributed by atoms with van der Waals surface area (Å²) in [5.74, 6) is 0. The minimum Gasteiger partial charge on any atom is -0.270 e. The van der Waals surface area contributed by atoms with Crippen LogP contribution in [0.4, 0.5) is 5.69 Å². The number of hydrogen-bond acceptors (Lipinski definition) is 5. The van der Waals surface area contributed by atoms with Crippen LogP contribution in [-0.2, 0) is 16.6 Å². The Labute approximate surface area is 109 Å². The Bertz CT molecular complexity index is 722. The molecular weight excluding hydrogens is 272 g/mol. The highest BCUT2D eigenvalue weighted by Crippen LogP contribution is 2.19. The molecule has 2 aromatic rings. The highest BCUT2D eigenvalue weighted by atomic mass is 32.2. The summed E-state index contributed by atoms with van der Waals surface area (Å²) in [5.41, 5.74) is 0.631. The zero-order chi connectivity index (χ0) is 14.0. The van der Waals surface area contributed by atoms with Gasteiger partial charge in [0.2, 0.25) is 10.0 Å².